The SMILES string of the molecule is CC(OC(=O)C1CCN(S(=O)(=O)c2ccc(F)cc2)CC1)c1cc(F)ccc1F. The molecular weight excluding hydrogens is 407 g/mol. The van der Waals surface area contributed by atoms with Crippen LogP contribution < -0.4 is 0 Å². The molecule has 1 saturated heterocycles. The number of carbonyl (C=O) groups is 1. The number of rotatable bonds is 5. The first-order chi connectivity index (χ1) is 13.7. The number of halogens is 3. The van der Waals surface area contributed by atoms with E-state index in [2.05, 4.69) is 0 Å². The van der Waals surface area contributed by atoms with Gasteiger partial charge in [0.15, 0.2) is 0 Å². The molecule has 1 aliphatic rings. The minimum atomic E-state index is -3.78. The average molecular weight is 427 g/mol. The van der Waals surface area contributed by atoms with Crippen molar-refractivity contribution in [3.8, 4) is 0 Å². The molecule has 1 aliphatic heterocycles. The van der Waals surface area contributed by atoms with Crippen LogP contribution in [0.15, 0.2) is 47.4 Å². The van der Waals surface area contributed by atoms with E-state index in [-0.39, 0.29) is 36.4 Å². The van der Waals surface area contributed by atoms with Crippen molar-refractivity contribution >= 4 is 16.0 Å². The van der Waals surface area contributed by atoms with E-state index in [1.54, 1.807) is 0 Å². The molecule has 2 aromatic carbocycles. The number of nitrogens with zero attached hydrogens (tertiary/aromatic N) is 1. The lowest BCUT2D eigenvalue weighted by atomic mass is 9.98. The van der Waals surface area contributed by atoms with Crippen molar-refractivity contribution < 1.29 is 31.1 Å². The molecule has 0 bridgehead atoms. The number of sulfonamides is 1. The summed E-state index contributed by atoms with van der Waals surface area (Å²) in [5.41, 5.74) is -0.0605. The van der Waals surface area contributed by atoms with Gasteiger partial charge in [0, 0.05) is 18.7 Å². The predicted molar refractivity (Wildman–Crippen MR) is 98.7 cm³/mol. The molecular formula is C20H20F3NO4S. The third-order valence-corrected chi connectivity index (χ3v) is 6.84. The predicted octanol–water partition coefficient (Wildman–Crippen LogP) is 3.81. The van der Waals surface area contributed by atoms with Gasteiger partial charge < -0.3 is 4.74 Å². The molecule has 0 aromatic heterocycles. The maximum Gasteiger partial charge on any atom is 0.309 e. The summed E-state index contributed by atoms with van der Waals surface area (Å²) in [6.07, 6.45) is -0.506. The number of piperidine rings is 1. The number of hydrogen-bond donors (Lipinski definition) is 0. The van der Waals surface area contributed by atoms with E-state index in [9.17, 15) is 26.4 Å². The van der Waals surface area contributed by atoms with Crippen molar-refractivity contribution in [2.24, 2.45) is 5.92 Å². The summed E-state index contributed by atoms with van der Waals surface area (Å²) in [7, 11) is -3.78. The van der Waals surface area contributed by atoms with Crippen LogP contribution in [0.1, 0.15) is 31.4 Å². The summed E-state index contributed by atoms with van der Waals surface area (Å²) >= 11 is 0. The molecule has 0 radical (unpaired) electrons. The number of esters is 1. The van der Waals surface area contributed by atoms with E-state index >= 15 is 0 Å². The molecule has 0 saturated carbocycles. The number of benzene rings is 2. The zero-order valence-corrected chi connectivity index (χ0v) is 16.5. The standard InChI is InChI=1S/C20H20F3NO4S/c1-13(18-12-16(22)4-7-19(18)23)28-20(25)14-8-10-24(11-9-14)29(26,27)17-5-2-15(21)3-6-17/h2-7,12-14H,8-11H2,1H3. The molecule has 9 heteroatoms. The molecule has 156 valence electrons. The highest BCUT2D eigenvalue weighted by molar-refractivity contribution is 7.89. The lowest BCUT2D eigenvalue weighted by Gasteiger charge is -2.30. The minimum absolute atomic E-state index is 0.0184. The lowest BCUT2D eigenvalue weighted by molar-refractivity contribution is -0.155. The van der Waals surface area contributed by atoms with Gasteiger partial charge in [-0.3, -0.25) is 4.79 Å². The molecule has 1 heterocycles. The fourth-order valence-corrected chi connectivity index (χ4v) is 4.72. The molecule has 0 aliphatic carbocycles. The monoisotopic (exact) mass is 427 g/mol. The fraction of sp³-hybridized carbons (Fsp3) is 0.350. The quantitative estimate of drug-likeness (QED) is 0.681. The summed E-state index contributed by atoms with van der Waals surface area (Å²) in [5.74, 6) is -2.97. The van der Waals surface area contributed by atoms with Crippen LogP contribution in [0.3, 0.4) is 0 Å². The van der Waals surface area contributed by atoms with Gasteiger partial charge in [-0.05, 0) is 62.2 Å². The second-order valence-corrected chi connectivity index (χ2v) is 8.82. The van der Waals surface area contributed by atoms with Gasteiger partial charge in [0.1, 0.15) is 23.6 Å². The first-order valence-corrected chi connectivity index (χ1v) is 10.5. The summed E-state index contributed by atoms with van der Waals surface area (Å²) in [4.78, 5) is 12.4. The number of hydrogen-bond acceptors (Lipinski definition) is 4. The molecule has 5 nitrogen and oxygen atoms in total. The molecule has 3 rings (SSSR count). The summed E-state index contributed by atoms with van der Waals surface area (Å²) in [6, 6.07) is 7.46. The average Bonchev–Trinajstić information content (AvgIpc) is 2.70. The Morgan fingerprint density at radius 1 is 1.03 bits per heavy atom. The molecule has 0 N–H and O–H groups in total. The van der Waals surface area contributed by atoms with E-state index in [0.717, 1.165) is 30.3 Å². The van der Waals surface area contributed by atoms with Crippen molar-refractivity contribution in [3.63, 3.8) is 0 Å². The first kappa shape index (κ1) is 21.3. The number of ether oxygens (including phenoxy) is 1. The Morgan fingerprint density at radius 3 is 2.24 bits per heavy atom. The molecule has 2 aromatic rings. The van der Waals surface area contributed by atoms with E-state index < -0.39 is 45.5 Å². The van der Waals surface area contributed by atoms with Crippen molar-refractivity contribution in [1.29, 1.82) is 0 Å². The Bertz CT molecular complexity index is 987. The van der Waals surface area contributed by atoms with Crippen molar-refractivity contribution in [1.82, 2.24) is 4.31 Å². The highest BCUT2D eigenvalue weighted by atomic mass is 32.2. The molecule has 29 heavy (non-hydrogen) atoms. The highest BCUT2D eigenvalue weighted by Gasteiger charge is 2.33. The van der Waals surface area contributed by atoms with Crippen LogP contribution in [0, 0.1) is 23.4 Å². The fourth-order valence-electron chi connectivity index (χ4n) is 3.25. The molecule has 1 unspecified atom stereocenters. The molecule has 0 spiro atoms. The van der Waals surface area contributed by atoms with Crippen LogP contribution in [-0.4, -0.2) is 31.8 Å². The first-order valence-electron chi connectivity index (χ1n) is 9.09. The lowest BCUT2D eigenvalue weighted by Crippen LogP contribution is -2.40. The molecule has 1 atom stereocenters. The van der Waals surface area contributed by atoms with Gasteiger partial charge in [-0.1, -0.05) is 0 Å². The second kappa shape index (κ2) is 8.54. The Morgan fingerprint density at radius 2 is 1.62 bits per heavy atom. The molecule has 1 fully saturated rings. The van der Waals surface area contributed by atoms with Gasteiger partial charge >= 0.3 is 5.97 Å². The zero-order valence-electron chi connectivity index (χ0n) is 15.6. The van der Waals surface area contributed by atoms with Gasteiger partial charge in [0.05, 0.1) is 10.8 Å². The van der Waals surface area contributed by atoms with Crippen molar-refractivity contribution in [2.45, 2.75) is 30.8 Å². The maximum absolute atomic E-state index is 13.8. The Kier molecular flexibility index (Phi) is 6.28. The summed E-state index contributed by atoms with van der Waals surface area (Å²) in [6.45, 7) is 1.65. The number of carbonyl (C=O) groups excluding carboxylic acids is 1. The van der Waals surface area contributed by atoms with Crippen LogP contribution in [-0.2, 0) is 19.6 Å². The van der Waals surface area contributed by atoms with Crippen LogP contribution in [0.5, 0.6) is 0 Å². The largest absolute Gasteiger partial charge is 0.457 e. The van der Waals surface area contributed by atoms with Gasteiger partial charge in [-0.15, -0.1) is 0 Å². The Labute approximate surface area is 167 Å². The smallest absolute Gasteiger partial charge is 0.309 e. The normalized spacial score (nSPS) is 17.1. The third-order valence-electron chi connectivity index (χ3n) is 4.93. The second-order valence-electron chi connectivity index (χ2n) is 6.88. The Hall–Kier alpha value is -2.39. The van der Waals surface area contributed by atoms with Crippen LogP contribution >= 0.6 is 0 Å². The zero-order chi connectivity index (χ0) is 21.2. The summed E-state index contributed by atoms with van der Waals surface area (Å²) in [5, 5.41) is 0. The minimum Gasteiger partial charge on any atom is -0.457 e. The van der Waals surface area contributed by atoms with Crippen LogP contribution in [0.4, 0.5) is 13.2 Å². The maximum atomic E-state index is 13.8. The van der Waals surface area contributed by atoms with Crippen molar-refractivity contribution in [3.05, 3.63) is 65.5 Å². The topological polar surface area (TPSA) is 63.7 Å². The van der Waals surface area contributed by atoms with Crippen molar-refractivity contribution in [2.75, 3.05) is 13.1 Å². The highest BCUT2D eigenvalue weighted by Crippen LogP contribution is 2.28. The Balaban J connectivity index is 1.60. The summed E-state index contributed by atoms with van der Waals surface area (Å²) < 4.78 is 71.9. The van der Waals surface area contributed by atoms with Gasteiger partial charge in [0.25, 0.3) is 0 Å². The van der Waals surface area contributed by atoms with Crippen LogP contribution in [0.2, 0.25) is 0 Å². The third kappa shape index (κ3) is 4.79. The molecule has 0 amide bonds. The van der Waals surface area contributed by atoms with Gasteiger partial charge in [0.2, 0.25) is 10.0 Å². The van der Waals surface area contributed by atoms with E-state index in [4.69, 9.17) is 4.74 Å². The van der Waals surface area contributed by atoms with Crippen LogP contribution in [0.25, 0.3) is 0 Å². The van der Waals surface area contributed by atoms with Gasteiger partial charge in [-0.25, -0.2) is 21.6 Å². The van der Waals surface area contributed by atoms with Gasteiger partial charge in [-0.2, -0.15) is 4.31 Å². The van der Waals surface area contributed by atoms with E-state index in [1.165, 1.54) is 23.4 Å². The van der Waals surface area contributed by atoms with E-state index in [1.807, 2.05) is 0 Å². The van der Waals surface area contributed by atoms with E-state index in [0.29, 0.717) is 0 Å².